The van der Waals surface area contributed by atoms with E-state index in [9.17, 15) is 22.8 Å². The van der Waals surface area contributed by atoms with Gasteiger partial charge >= 0.3 is 12.1 Å². The number of fused-ring (bicyclic) bond motifs is 3. The van der Waals surface area contributed by atoms with Crippen LogP contribution in [-0.2, 0) is 11.3 Å². The van der Waals surface area contributed by atoms with Gasteiger partial charge in [0.1, 0.15) is 6.29 Å². The second-order valence-electron chi connectivity index (χ2n) is 5.32. The monoisotopic (exact) mass is 334 g/mol. The van der Waals surface area contributed by atoms with E-state index in [1.807, 2.05) is 16.8 Å². The summed E-state index contributed by atoms with van der Waals surface area (Å²) >= 11 is 0. The standard InChI is InChI=1S/C17H13F3N2O2/c1-2-22-14-5-3-10(9-23)7-12(14)13-8-11(4-6-15(13)22)21-16(24)17(18,19)20/h3-9H,2H2,1H3,(H,21,24). The highest BCUT2D eigenvalue weighted by molar-refractivity contribution is 6.11. The van der Waals surface area contributed by atoms with E-state index in [-0.39, 0.29) is 5.69 Å². The molecular weight excluding hydrogens is 321 g/mol. The van der Waals surface area contributed by atoms with Crippen molar-refractivity contribution in [1.82, 2.24) is 4.57 Å². The fourth-order valence-electron chi connectivity index (χ4n) is 2.82. The van der Waals surface area contributed by atoms with Crippen LogP contribution in [0.4, 0.5) is 18.9 Å². The second-order valence-corrected chi connectivity index (χ2v) is 5.32. The van der Waals surface area contributed by atoms with Gasteiger partial charge in [-0.2, -0.15) is 13.2 Å². The number of amides is 1. The van der Waals surface area contributed by atoms with Crippen LogP contribution in [0.5, 0.6) is 0 Å². The number of aldehydes is 1. The molecule has 0 saturated carbocycles. The molecule has 124 valence electrons. The molecule has 0 spiro atoms. The summed E-state index contributed by atoms with van der Waals surface area (Å²) in [6.45, 7) is 2.61. The van der Waals surface area contributed by atoms with E-state index >= 15 is 0 Å². The maximum atomic E-state index is 12.4. The zero-order valence-corrected chi connectivity index (χ0v) is 12.6. The highest BCUT2D eigenvalue weighted by Crippen LogP contribution is 2.32. The van der Waals surface area contributed by atoms with Crippen molar-refractivity contribution in [3.8, 4) is 0 Å². The zero-order valence-electron chi connectivity index (χ0n) is 12.6. The number of aryl methyl sites for hydroxylation is 1. The lowest BCUT2D eigenvalue weighted by atomic mass is 10.1. The Bertz CT molecular complexity index is 958. The number of halogens is 3. The predicted molar refractivity (Wildman–Crippen MR) is 85.2 cm³/mol. The van der Waals surface area contributed by atoms with Crippen molar-refractivity contribution < 1.29 is 22.8 Å². The summed E-state index contributed by atoms with van der Waals surface area (Å²) < 4.78 is 39.2. The molecule has 4 nitrogen and oxygen atoms in total. The van der Waals surface area contributed by atoms with Crippen LogP contribution in [0.3, 0.4) is 0 Å². The van der Waals surface area contributed by atoms with Gasteiger partial charge in [0.25, 0.3) is 0 Å². The van der Waals surface area contributed by atoms with Gasteiger partial charge in [0.15, 0.2) is 0 Å². The number of anilines is 1. The lowest BCUT2D eigenvalue weighted by Gasteiger charge is -2.08. The quantitative estimate of drug-likeness (QED) is 0.732. The third kappa shape index (κ3) is 2.62. The first kappa shape index (κ1) is 16.0. The fraction of sp³-hybridized carbons (Fsp3) is 0.176. The van der Waals surface area contributed by atoms with Gasteiger partial charge in [0.2, 0.25) is 0 Å². The average molecular weight is 334 g/mol. The molecule has 0 aliphatic heterocycles. The maximum absolute atomic E-state index is 12.4. The Morgan fingerprint density at radius 3 is 2.33 bits per heavy atom. The third-order valence-corrected chi connectivity index (χ3v) is 3.86. The molecule has 0 unspecified atom stereocenters. The van der Waals surface area contributed by atoms with Gasteiger partial charge in [0.05, 0.1) is 0 Å². The number of rotatable bonds is 3. The SMILES string of the molecule is CCn1c2ccc(C=O)cc2c2cc(NC(=O)C(F)(F)F)ccc21. The van der Waals surface area contributed by atoms with E-state index in [1.165, 1.54) is 12.1 Å². The van der Waals surface area contributed by atoms with E-state index in [1.54, 1.807) is 24.3 Å². The van der Waals surface area contributed by atoms with Crippen LogP contribution in [-0.4, -0.2) is 22.9 Å². The molecule has 7 heteroatoms. The van der Waals surface area contributed by atoms with Gasteiger partial charge in [-0.1, -0.05) is 0 Å². The molecule has 24 heavy (non-hydrogen) atoms. The summed E-state index contributed by atoms with van der Waals surface area (Å²) in [5.74, 6) is -2.02. The lowest BCUT2D eigenvalue weighted by Crippen LogP contribution is -2.29. The summed E-state index contributed by atoms with van der Waals surface area (Å²) in [7, 11) is 0. The van der Waals surface area contributed by atoms with Gasteiger partial charge in [-0.25, -0.2) is 0 Å². The molecule has 1 heterocycles. The highest BCUT2D eigenvalue weighted by atomic mass is 19.4. The number of carbonyl (C=O) groups excluding carboxylic acids is 2. The van der Waals surface area contributed by atoms with Crippen LogP contribution < -0.4 is 5.32 Å². The van der Waals surface area contributed by atoms with E-state index in [0.29, 0.717) is 23.8 Å². The average Bonchev–Trinajstić information content (AvgIpc) is 2.86. The number of aromatic nitrogens is 1. The molecule has 0 fully saturated rings. The minimum Gasteiger partial charge on any atom is -0.341 e. The van der Waals surface area contributed by atoms with Gasteiger partial charge in [-0.15, -0.1) is 0 Å². The molecule has 1 amide bonds. The fourth-order valence-corrected chi connectivity index (χ4v) is 2.82. The van der Waals surface area contributed by atoms with E-state index in [4.69, 9.17) is 0 Å². The van der Waals surface area contributed by atoms with Crippen LogP contribution in [0.2, 0.25) is 0 Å². The summed E-state index contributed by atoms with van der Waals surface area (Å²) in [6.07, 6.45) is -4.24. The number of alkyl halides is 3. The molecule has 1 aromatic heterocycles. The first-order valence-electron chi connectivity index (χ1n) is 7.24. The minimum atomic E-state index is -4.95. The van der Waals surface area contributed by atoms with Gasteiger partial charge in [-0.05, 0) is 43.3 Å². The molecule has 2 aromatic carbocycles. The molecule has 0 radical (unpaired) electrons. The summed E-state index contributed by atoms with van der Waals surface area (Å²) in [6, 6.07) is 9.75. The number of nitrogens with one attached hydrogen (secondary N) is 1. The van der Waals surface area contributed by atoms with E-state index < -0.39 is 12.1 Å². The number of benzene rings is 2. The molecular formula is C17H13F3N2O2. The van der Waals surface area contributed by atoms with Crippen LogP contribution in [0.25, 0.3) is 21.8 Å². The summed E-state index contributed by atoms with van der Waals surface area (Å²) in [4.78, 5) is 22.1. The van der Waals surface area contributed by atoms with Crippen LogP contribution >= 0.6 is 0 Å². The number of nitrogens with zero attached hydrogens (tertiary/aromatic N) is 1. The van der Waals surface area contributed by atoms with Crippen molar-refractivity contribution in [1.29, 1.82) is 0 Å². The second kappa shape index (κ2) is 5.67. The first-order valence-corrected chi connectivity index (χ1v) is 7.24. The van der Waals surface area contributed by atoms with Gasteiger partial charge in [-0.3, -0.25) is 9.59 Å². The number of carbonyl (C=O) groups is 2. The Hall–Kier alpha value is -2.83. The third-order valence-electron chi connectivity index (χ3n) is 3.86. The lowest BCUT2D eigenvalue weighted by molar-refractivity contribution is -0.167. The molecule has 3 rings (SSSR count). The maximum Gasteiger partial charge on any atom is 0.471 e. The van der Waals surface area contributed by atoms with Crippen molar-refractivity contribution >= 4 is 39.7 Å². The number of hydrogen-bond donors (Lipinski definition) is 1. The molecule has 1 N–H and O–H groups in total. The molecule has 0 aliphatic carbocycles. The van der Waals surface area contributed by atoms with Gasteiger partial charge in [0, 0.05) is 39.6 Å². The Kier molecular flexibility index (Phi) is 3.79. The van der Waals surface area contributed by atoms with Crippen LogP contribution in [0.15, 0.2) is 36.4 Å². The normalized spacial score (nSPS) is 11.8. The molecule has 0 atom stereocenters. The molecule has 0 bridgehead atoms. The van der Waals surface area contributed by atoms with Crippen molar-refractivity contribution in [3.05, 3.63) is 42.0 Å². The van der Waals surface area contributed by atoms with Crippen molar-refractivity contribution in [3.63, 3.8) is 0 Å². The van der Waals surface area contributed by atoms with Crippen molar-refractivity contribution in [2.75, 3.05) is 5.32 Å². The Morgan fingerprint density at radius 2 is 1.75 bits per heavy atom. The summed E-state index contributed by atoms with van der Waals surface area (Å²) in [5, 5.41) is 3.28. The molecule has 0 saturated heterocycles. The van der Waals surface area contributed by atoms with Crippen LogP contribution in [0, 0.1) is 0 Å². The van der Waals surface area contributed by atoms with Crippen molar-refractivity contribution in [2.24, 2.45) is 0 Å². The number of hydrogen-bond acceptors (Lipinski definition) is 2. The van der Waals surface area contributed by atoms with Gasteiger partial charge < -0.3 is 9.88 Å². The Balaban J connectivity index is 2.19. The molecule has 3 aromatic rings. The largest absolute Gasteiger partial charge is 0.471 e. The topological polar surface area (TPSA) is 51.1 Å². The van der Waals surface area contributed by atoms with Crippen LogP contribution in [0.1, 0.15) is 17.3 Å². The van der Waals surface area contributed by atoms with E-state index in [0.717, 1.165) is 16.4 Å². The van der Waals surface area contributed by atoms with E-state index in [2.05, 4.69) is 0 Å². The predicted octanol–water partition coefficient (Wildman–Crippen LogP) is 4.13. The molecule has 0 aliphatic rings. The van der Waals surface area contributed by atoms with Crippen molar-refractivity contribution in [2.45, 2.75) is 19.6 Å². The Morgan fingerprint density at radius 1 is 1.12 bits per heavy atom. The highest BCUT2D eigenvalue weighted by Gasteiger charge is 2.38. The zero-order chi connectivity index (χ0) is 17.5. The smallest absolute Gasteiger partial charge is 0.341 e. The first-order chi connectivity index (χ1) is 11.3. The Labute approximate surface area is 134 Å². The minimum absolute atomic E-state index is 0.0523. The summed E-state index contributed by atoms with van der Waals surface area (Å²) in [5.41, 5.74) is 2.22.